The number of nitrogens with zero attached hydrogens (tertiary/aromatic N) is 2. The molecule has 0 aromatic heterocycles. The summed E-state index contributed by atoms with van der Waals surface area (Å²) >= 11 is 0. The predicted octanol–water partition coefficient (Wildman–Crippen LogP) is 6.01. The quantitative estimate of drug-likeness (QED) is 0.274. The van der Waals surface area contributed by atoms with Crippen molar-refractivity contribution in [3.05, 3.63) is 100 Å². The summed E-state index contributed by atoms with van der Waals surface area (Å²) in [5.74, 6) is -2.16. The van der Waals surface area contributed by atoms with Crippen LogP contribution in [0.2, 0.25) is 0 Å². The molecule has 1 saturated heterocycles. The first-order chi connectivity index (χ1) is 16.9. The van der Waals surface area contributed by atoms with E-state index in [-0.39, 0.29) is 17.0 Å². The topological polar surface area (TPSA) is 60.9 Å². The van der Waals surface area contributed by atoms with Crippen molar-refractivity contribution in [2.45, 2.75) is 26.1 Å². The Bertz CT molecular complexity index is 1360. The summed E-state index contributed by atoms with van der Waals surface area (Å²) in [7, 11) is 3.73. The molecular formula is C28H25F3N2O3. The number of hydrogen-bond donors (Lipinski definition) is 1. The predicted molar refractivity (Wildman–Crippen MR) is 133 cm³/mol. The average molecular weight is 495 g/mol. The van der Waals surface area contributed by atoms with Crippen molar-refractivity contribution < 1.29 is 27.9 Å². The van der Waals surface area contributed by atoms with Crippen LogP contribution in [0.1, 0.15) is 33.9 Å². The number of ketones is 1. The molecule has 1 atom stereocenters. The number of aryl methyl sites for hydroxylation is 2. The van der Waals surface area contributed by atoms with Gasteiger partial charge in [0.1, 0.15) is 5.76 Å². The fraction of sp³-hybridized carbons (Fsp3) is 0.214. The summed E-state index contributed by atoms with van der Waals surface area (Å²) in [5, 5.41) is 11.3. The zero-order chi connectivity index (χ0) is 26.4. The number of anilines is 2. The molecule has 8 heteroatoms. The molecule has 1 fully saturated rings. The zero-order valence-electron chi connectivity index (χ0n) is 20.2. The first kappa shape index (κ1) is 25.0. The minimum Gasteiger partial charge on any atom is -0.507 e. The van der Waals surface area contributed by atoms with Crippen LogP contribution in [-0.4, -0.2) is 30.9 Å². The molecule has 1 amide bonds. The molecule has 3 aromatic rings. The molecule has 5 nitrogen and oxygen atoms in total. The van der Waals surface area contributed by atoms with E-state index in [4.69, 9.17) is 0 Å². The van der Waals surface area contributed by atoms with Crippen LogP contribution in [0.15, 0.2) is 72.3 Å². The third-order valence-electron chi connectivity index (χ3n) is 6.29. The SMILES string of the molecule is Cc1ccc(C)c(/C(O)=C2\C(=O)C(=O)N(c3ccc(C(F)(F)F)cc3)C2c2ccc(N(C)C)cc2)c1. The number of rotatable bonds is 4. The van der Waals surface area contributed by atoms with Crippen molar-refractivity contribution in [1.82, 2.24) is 0 Å². The van der Waals surface area contributed by atoms with E-state index in [0.29, 0.717) is 16.7 Å². The highest BCUT2D eigenvalue weighted by molar-refractivity contribution is 6.51. The van der Waals surface area contributed by atoms with Crippen LogP contribution in [-0.2, 0) is 15.8 Å². The zero-order valence-corrected chi connectivity index (χ0v) is 20.2. The maximum atomic E-state index is 13.3. The Kier molecular flexibility index (Phi) is 6.39. The lowest BCUT2D eigenvalue weighted by atomic mass is 9.93. The van der Waals surface area contributed by atoms with Gasteiger partial charge in [0, 0.05) is 31.0 Å². The molecule has 1 unspecified atom stereocenters. The maximum absolute atomic E-state index is 13.3. The number of carbonyl (C=O) groups is 2. The minimum absolute atomic E-state index is 0.117. The van der Waals surface area contributed by atoms with Crippen molar-refractivity contribution in [1.29, 1.82) is 0 Å². The highest BCUT2D eigenvalue weighted by atomic mass is 19.4. The van der Waals surface area contributed by atoms with Crippen molar-refractivity contribution in [3.63, 3.8) is 0 Å². The summed E-state index contributed by atoms with van der Waals surface area (Å²) in [4.78, 5) is 29.6. The van der Waals surface area contributed by atoms with Crippen LogP contribution < -0.4 is 9.80 Å². The molecule has 1 aliphatic rings. The lowest BCUT2D eigenvalue weighted by molar-refractivity contribution is -0.137. The van der Waals surface area contributed by atoms with Crippen LogP contribution in [0.5, 0.6) is 0 Å². The highest BCUT2D eigenvalue weighted by Gasteiger charge is 2.47. The maximum Gasteiger partial charge on any atom is 0.416 e. The number of benzene rings is 3. The summed E-state index contributed by atoms with van der Waals surface area (Å²) in [6.45, 7) is 3.62. The van der Waals surface area contributed by atoms with Crippen molar-refractivity contribution in [3.8, 4) is 0 Å². The van der Waals surface area contributed by atoms with Crippen molar-refractivity contribution in [2.24, 2.45) is 0 Å². The van der Waals surface area contributed by atoms with E-state index in [1.165, 1.54) is 0 Å². The van der Waals surface area contributed by atoms with Gasteiger partial charge in [0.15, 0.2) is 0 Å². The van der Waals surface area contributed by atoms with Gasteiger partial charge in [-0.2, -0.15) is 13.2 Å². The molecule has 4 rings (SSSR count). The fourth-order valence-corrected chi connectivity index (χ4v) is 4.32. The molecule has 3 aromatic carbocycles. The summed E-state index contributed by atoms with van der Waals surface area (Å²) in [5.41, 5.74) is 2.51. The number of halogens is 3. The van der Waals surface area contributed by atoms with E-state index in [9.17, 15) is 27.9 Å². The number of aliphatic hydroxyl groups is 1. The van der Waals surface area contributed by atoms with Gasteiger partial charge in [0.05, 0.1) is 17.2 Å². The normalized spacial score (nSPS) is 17.5. The van der Waals surface area contributed by atoms with Crippen LogP contribution in [0, 0.1) is 13.8 Å². The second-order valence-electron chi connectivity index (χ2n) is 9.02. The van der Waals surface area contributed by atoms with Gasteiger partial charge in [-0.1, -0.05) is 29.8 Å². The van der Waals surface area contributed by atoms with Crippen molar-refractivity contribution >= 4 is 28.8 Å². The van der Waals surface area contributed by atoms with Gasteiger partial charge in [0.2, 0.25) is 0 Å². The van der Waals surface area contributed by atoms with Gasteiger partial charge in [-0.25, -0.2) is 0 Å². The molecule has 0 aliphatic carbocycles. The molecule has 0 bridgehead atoms. The number of Topliss-reactive ketones (excluding diaryl/α,β-unsaturated/α-hetero) is 1. The van der Waals surface area contributed by atoms with E-state index >= 15 is 0 Å². The lowest BCUT2D eigenvalue weighted by Crippen LogP contribution is -2.29. The minimum atomic E-state index is -4.54. The van der Waals surface area contributed by atoms with E-state index < -0.39 is 29.5 Å². The molecule has 186 valence electrons. The number of aliphatic hydroxyl groups excluding tert-OH is 1. The number of carbonyl (C=O) groups excluding carboxylic acids is 2. The molecular weight excluding hydrogens is 469 g/mol. The van der Waals surface area contributed by atoms with Gasteiger partial charge in [0.25, 0.3) is 11.7 Å². The van der Waals surface area contributed by atoms with Gasteiger partial charge >= 0.3 is 6.18 Å². The monoisotopic (exact) mass is 494 g/mol. The molecule has 36 heavy (non-hydrogen) atoms. The Balaban J connectivity index is 1.93. The molecule has 1 heterocycles. The van der Waals surface area contributed by atoms with E-state index in [1.807, 2.05) is 32.0 Å². The number of alkyl halides is 3. The first-order valence-electron chi connectivity index (χ1n) is 11.2. The van der Waals surface area contributed by atoms with Gasteiger partial charge in [-0.3, -0.25) is 14.5 Å². The lowest BCUT2D eigenvalue weighted by Gasteiger charge is -2.26. The summed E-state index contributed by atoms with van der Waals surface area (Å²) in [6, 6.07) is 15.5. The van der Waals surface area contributed by atoms with Crippen LogP contribution in [0.4, 0.5) is 24.5 Å². The molecule has 1 aliphatic heterocycles. The Morgan fingerprint density at radius 1 is 0.917 bits per heavy atom. The third-order valence-corrected chi connectivity index (χ3v) is 6.29. The van der Waals surface area contributed by atoms with E-state index in [2.05, 4.69) is 0 Å². The molecule has 0 spiro atoms. The third kappa shape index (κ3) is 4.46. The average Bonchev–Trinajstić information content (AvgIpc) is 3.10. The van der Waals surface area contributed by atoms with Gasteiger partial charge in [-0.05, 0) is 67.4 Å². The Morgan fingerprint density at radius 2 is 1.53 bits per heavy atom. The van der Waals surface area contributed by atoms with Gasteiger partial charge < -0.3 is 10.0 Å². The smallest absolute Gasteiger partial charge is 0.416 e. The molecule has 0 radical (unpaired) electrons. The summed E-state index contributed by atoms with van der Waals surface area (Å²) in [6.07, 6.45) is -4.54. The second kappa shape index (κ2) is 9.18. The Hall–Kier alpha value is -4.07. The van der Waals surface area contributed by atoms with Crippen LogP contribution >= 0.6 is 0 Å². The number of hydrogen-bond acceptors (Lipinski definition) is 4. The largest absolute Gasteiger partial charge is 0.507 e. The molecule has 0 saturated carbocycles. The molecule has 1 N–H and O–H groups in total. The number of amides is 1. The Morgan fingerprint density at radius 3 is 2.08 bits per heavy atom. The van der Waals surface area contributed by atoms with E-state index in [1.54, 1.807) is 43.3 Å². The Labute approximate surface area is 207 Å². The first-order valence-corrected chi connectivity index (χ1v) is 11.2. The van der Waals surface area contributed by atoms with E-state index in [0.717, 1.165) is 40.4 Å². The van der Waals surface area contributed by atoms with Crippen LogP contribution in [0.25, 0.3) is 5.76 Å². The fourth-order valence-electron chi connectivity index (χ4n) is 4.32. The standard InChI is InChI=1S/C28H25F3N2O3/c1-16-5-6-17(2)22(15-16)25(34)23-24(18-7-11-20(12-8-18)32(3)4)33(27(36)26(23)35)21-13-9-19(10-14-21)28(29,30)31/h5-15,24,34H,1-4H3/b25-23+. The van der Waals surface area contributed by atoms with Gasteiger partial charge in [-0.15, -0.1) is 0 Å². The summed E-state index contributed by atoms with van der Waals surface area (Å²) < 4.78 is 39.4. The van der Waals surface area contributed by atoms with Crippen molar-refractivity contribution in [2.75, 3.05) is 23.9 Å². The van der Waals surface area contributed by atoms with Crippen LogP contribution in [0.3, 0.4) is 0 Å². The second-order valence-corrected chi connectivity index (χ2v) is 9.02. The highest BCUT2D eigenvalue weighted by Crippen LogP contribution is 2.43.